The lowest BCUT2D eigenvalue weighted by Gasteiger charge is -2.31. The maximum absolute atomic E-state index is 9.33. The second-order valence-electron chi connectivity index (χ2n) is 5.03. The standard InChI is InChI=1S/C12H27NO2/c1-6-12(7-2,10-14)13-8-9-15-11(3,4)5/h13-14H,6-10H2,1-5H3. The van der Waals surface area contributed by atoms with Crippen molar-refractivity contribution in [1.29, 1.82) is 0 Å². The van der Waals surface area contributed by atoms with Gasteiger partial charge in [-0.25, -0.2) is 0 Å². The SMILES string of the molecule is CCC(CC)(CO)NCCOC(C)(C)C. The smallest absolute Gasteiger partial charge is 0.0613 e. The average molecular weight is 217 g/mol. The molecule has 92 valence electrons. The third-order valence-electron chi connectivity index (χ3n) is 2.79. The molecule has 0 spiro atoms. The molecule has 0 fully saturated rings. The van der Waals surface area contributed by atoms with E-state index in [1.165, 1.54) is 0 Å². The van der Waals surface area contributed by atoms with E-state index in [1.54, 1.807) is 0 Å². The van der Waals surface area contributed by atoms with E-state index < -0.39 is 0 Å². The number of aliphatic hydroxyl groups is 1. The molecule has 0 atom stereocenters. The molecule has 0 rings (SSSR count). The summed E-state index contributed by atoms with van der Waals surface area (Å²) in [6, 6.07) is 0. The fourth-order valence-electron chi connectivity index (χ4n) is 1.45. The zero-order chi connectivity index (χ0) is 11.9. The van der Waals surface area contributed by atoms with Gasteiger partial charge in [0.25, 0.3) is 0 Å². The number of hydrogen-bond acceptors (Lipinski definition) is 3. The number of nitrogens with one attached hydrogen (secondary N) is 1. The highest BCUT2D eigenvalue weighted by molar-refractivity contribution is 4.84. The Balaban J connectivity index is 3.82. The first-order valence-corrected chi connectivity index (χ1v) is 5.89. The van der Waals surface area contributed by atoms with Crippen molar-refractivity contribution in [3.05, 3.63) is 0 Å². The van der Waals surface area contributed by atoms with Gasteiger partial charge in [-0.3, -0.25) is 0 Å². The highest BCUT2D eigenvalue weighted by Crippen LogP contribution is 2.13. The van der Waals surface area contributed by atoms with Gasteiger partial charge in [0.05, 0.1) is 18.8 Å². The zero-order valence-corrected chi connectivity index (χ0v) is 10.9. The maximum Gasteiger partial charge on any atom is 0.0613 e. The van der Waals surface area contributed by atoms with Crippen molar-refractivity contribution >= 4 is 0 Å². The van der Waals surface area contributed by atoms with E-state index in [0.29, 0.717) is 6.61 Å². The quantitative estimate of drug-likeness (QED) is 0.640. The first kappa shape index (κ1) is 14.9. The Bertz CT molecular complexity index is 151. The second-order valence-corrected chi connectivity index (χ2v) is 5.03. The predicted octanol–water partition coefficient (Wildman–Crippen LogP) is 1.94. The van der Waals surface area contributed by atoms with E-state index in [2.05, 4.69) is 19.2 Å². The van der Waals surface area contributed by atoms with Crippen molar-refractivity contribution in [3.8, 4) is 0 Å². The summed E-state index contributed by atoms with van der Waals surface area (Å²) >= 11 is 0. The largest absolute Gasteiger partial charge is 0.394 e. The third-order valence-corrected chi connectivity index (χ3v) is 2.79. The van der Waals surface area contributed by atoms with Crippen LogP contribution < -0.4 is 5.32 Å². The summed E-state index contributed by atoms with van der Waals surface area (Å²) in [7, 11) is 0. The van der Waals surface area contributed by atoms with Gasteiger partial charge in [-0.2, -0.15) is 0 Å². The molecule has 0 aliphatic heterocycles. The molecule has 0 aromatic rings. The molecule has 3 heteroatoms. The van der Waals surface area contributed by atoms with Crippen LogP contribution in [0.2, 0.25) is 0 Å². The van der Waals surface area contributed by atoms with Crippen molar-refractivity contribution < 1.29 is 9.84 Å². The molecule has 0 saturated carbocycles. The number of rotatable bonds is 7. The zero-order valence-electron chi connectivity index (χ0n) is 10.9. The maximum atomic E-state index is 9.33. The summed E-state index contributed by atoms with van der Waals surface area (Å²) in [6.45, 7) is 12.0. The highest BCUT2D eigenvalue weighted by Gasteiger charge is 2.23. The van der Waals surface area contributed by atoms with Crippen LogP contribution >= 0.6 is 0 Å². The fraction of sp³-hybridized carbons (Fsp3) is 1.00. The van der Waals surface area contributed by atoms with Gasteiger partial charge in [-0.15, -0.1) is 0 Å². The molecule has 15 heavy (non-hydrogen) atoms. The molecule has 3 nitrogen and oxygen atoms in total. The van der Waals surface area contributed by atoms with E-state index in [-0.39, 0.29) is 17.7 Å². The molecule has 0 heterocycles. The van der Waals surface area contributed by atoms with Gasteiger partial charge in [0.2, 0.25) is 0 Å². The van der Waals surface area contributed by atoms with Crippen LogP contribution in [-0.4, -0.2) is 36.0 Å². The predicted molar refractivity (Wildman–Crippen MR) is 64.1 cm³/mol. The van der Waals surface area contributed by atoms with E-state index >= 15 is 0 Å². The van der Waals surface area contributed by atoms with Gasteiger partial charge in [0.1, 0.15) is 0 Å². The van der Waals surface area contributed by atoms with Crippen molar-refractivity contribution in [2.75, 3.05) is 19.8 Å². The van der Waals surface area contributed by atoms with Gasteiger partial charge < -0.3 is 15.2 Å². The van der Waals surface area contributed by atoms with Crippen LogP contribution in [0, 0.1) is 0 Å². The van der Waals surface area contributed by atoms with Crippen LogP contribution in [-0.2, 0) is 4.74 Å². The Morgan fingerprint density at radius 3 is 2.00 bits per heavy atom. The summed E-state index contributed by atoms with van der Waals surface area (Å²) in [4.78, 5) is 0. The van der Waals surface area contributed by atoms with Crippen molar-refractivity contribution in [3.63, 3.8) is 0 Å². The number of aliphatic hydroxyl groups excluding tert-OH is 1. The van der Waals surface area contributed by atoms with E-state index in [4.69, 9.17) is 4.74 Å². The van der Waals surface area contributed by atoms with Crippen LogP contribution in [0.4, 0.5) is 0 Å². The van der Waals surface area contributed by atoms with Crippen molar-refractivity contribution in [2.45, 2.75) is 58.6 Å². The van der Waals surface area contributed by atoms with Gasteiger partial charge in [-0.05, 0) is 33.6 Å². The summed E-state index contributed by atoms with van der Waals surface area (Å²) in [6.07, 6.45) is 1.88. The van der Waals surface area contributed by atoms with E-state index in [9.17, 15) is 5.11 Å². The Morgan fingerprint density at radius 1 is 1.13 bits per heavy atom. The van der Waals surface area contributed by atoms with E-state index in [1.807, 2.05) is 20.8 Å². The minimum absolute atomic E-state index is 0.0814. The molecular formula is C12H27NO2. The first-order chi connectivity index (χ1) is 6.89. The van der Waals surface area contributed by atoms with Crippen LogP contribution in [0.25, 0.3) is 0 Å². The topological polar surface area (TPSA) is 41.5 Å². The molecule has 0 saturated heterocycles. The lowest BCUT2D eigenvalue weighted by atomic mass is 9.94. The lowest BCUT2D eigenvalue weighted by molar-refractivity contribution is -0.00522. The Labute approximate surface area is 94.2 Å². The van der Waals surface area contributed by atoms with Crippen molar-refractivity contribution in [1.82, 2.24) is 5.32 Å². The lowest BCUT2D eigenvalue weighted by Crippen LogP contribution is -2.49. The van der Waals surface area contributed by atoms with Gasteiger partial charge >= 0.3 is 0 Å². The summed E-state index contributed by atoms with van der Waals surface area (Å²) in [5.41, 5.74) is -0.205. The second kappa shape index (κ2) is 6.46. The molecule has 0 aromatic heterocycles. The summed E-state index contributed by atoms with van der Waals surface area (Å²) < 4.78 is 5.61. The summed E-state index contributed by atoms with van der Waals surface area (Å²) in [5.74, 6) is 0. The normalized spacial score (nSPS) is 13.2. The van der Waals surface area contributed by atoms with Crippen molar-refractivity contribution in [2.24, 2.45) is 0 Å². The van der Waals surface area contributed by atoms with Gasteiger partial charge in [0, 0.05) is 12.1 Å². The molecule has 0 amide bonds. The molecule has 0 aliphatic rings. The molecule has 0 aromatic carbocycles. The Morgan fingerprint density at radius 2 is 1.67 bits per heavy atom. The fourth-order valence-corrected chi connectivity index (χ4v) is 1.45. The monoisotopic (exact) mass is 217 g/mol. The minimum atomic E-state index is -0.124. The van der Waals surface area contributed by atoms with Crippen LogP contribution in [0.1, 0.15) is 47.5 Å². The molecular weight excluding hydrogens is 190 g/mol. The van der Waals surface area contributed by atoms with Gasteiger partial charge in [-0.1, -0.05) is 13.8 Å². The highest BCUT2D eigenvalue weighted by atomic mass is 16.5. The molecule has 0 bridgehead atoms. The summed E-state index contributed by atoms with van der Waals surface area (Å²) in [5, 5.41) is 12.7. The molecule has 0 radical (unpaired) electrons. The molecule has 0 aliphatic carbocycles. The van der Waals surface area contributed by atoms with Crippen LogP contribution in [0.3, 0.4) is 0 Å². The average Bonchev–Trinajstić information content (AvgIpc) is 2.18. The Hall–Kier alpha value is -0.120. The minimum Gasteiger partial charge on any atom is -0.394 e. The number of hydrogen-bond donors (Lipinski definition) is 2. The van der Waals surface area contributed by atoms with Crippen LogP contribution in [0.5, 0.6) is 0 Å². The Kier molecular flexibility index (Phi) is 6.41. The van der Waals surface area contributed by atoms with E-state index in [0.717, 1.165) is 19.4 Å². The van der Waals surface area contributed by atoms with Crippen LogP contribution in [0.15, 0.2) is 0 Å². The molecule has 2 N–H and O–H groups in total. The molecule has 0 unspecified atom stereocenters. The third kappa shape index (κ3) is 6.13. The first-order valence-electron chi connectivity index (χ1n) is 5.89. The van der Waals surface area contributed by atoms with Gasteiger partial charge in [0.15, 0.2) is 0 Å². The number of ether oxygens (including phenoxy) is 1.